The van der Waals surface area contributed by atoms with E-state index in [2.05, 4.69) is 45.0 Å². The van der Waals surface area contributed by atoms with Crippen LogP contribution < -0.4 is 5.73 Å². The molecule has 0 spiro atoms. The van der Waals surface area contributed by atoms with Gasteiger partial charge in [-0.3, -0.25) is 0 Å². The summed E-state index contributed by atoms with van der Waals surface area (Å²) >= 11 is 0. The zero-order chi connectivity index (χ0) is 15.0. The summed E-state index contributed by atoms with van der Waals surface area (Å²) < 4.78 is 0. The quantitative estimate of drug-likeness (QED) is 0.840. The summed E-state index contributed by atoms with van der Waals surface area (Å²) in [5, 5.41) is 0. The van der Waals surface area contributed by atoms with Gasteiger partial charge in [-0.05, 0) is 72.8 Å². The lowest BCUT2D eigenvalue weighted by Crippen LogP contribution is -2.37. The van der Waals surface area contributed by atoms with Gasteiger partial charge in [-0.1, -0.05) is 45.0 Å². The molecule has 3 rings (SSSR count). The lowest BCUT2D eigenvalue weighted by molar-refractivity contribution is 0.136. The second-order valence-electron chi connectivity index (χ2n) is 8.48. The van der Waals surface area contributed by atoms with Gasteiger partial charge in [-0.2, -0.15) is 0 Å². The largest absolute Gasteiger partial charge is 0.327 e. The summed E-state index contributed by atoms with van der Waals surface area (Å²) in [6.07, 6.45) is 7.89. The molecule has 1 heteroatoms. The third kappa shape index (κ3) is 3.18. The van der Waals surface area contributed by atoms with E-state index < -0.39 is 0 Å². The monoisotopic (exact) mass is 285 g/mol. The second kappa shape index (κ2) is 5.76. The second-order valence-corrected chi connectivity index (χ2v) is 8.48. The Morgan fingerprint density at radius 2 is 1.76 bits per heavy atom. The molecule has 1 fully saturated rings. The highest BCUT2D eigenvalue weighted by molar-refractivity contribution is 5.39. The van der Waals surface area contributed by atoms with Gasteiger partial charge in [-0.15, -0.1) is 0 Å². The molecule has 0 amide bonds. The molecule has 1 aromatic carbocycles. The van der Waals surface area contributed by atoms with Gasteiger partial charge < -0.3 is 5.73 Å². The zero-order valence-corrected chi connectivity index (χ0v) is 13.9. The summed E-state index contributed by atoms with van der Waals surface area (Å²) in [6.45, 7) is 7.18. The molecular weight excluding hydrogens is 254 g/mol. The molecule has 1 aromatic rings. The van der Waals surface area contributed by atoms with Crippen LogP contribution in [0.2, 0.25) is 0 Å². The van der Waals surface area contributed by atoms with Crippen molar-refractivity contribution in [1.82, 2.24) is 0 Å². The topological polar surface area (TPSA) is 26.0 Å². The van der Waals surface area contributed by atoms with E-state index in [1.54, 1.807) is 11.1 Å². The SMILES string of the molecule is CC(C)(C)C1CCC(C(N)CC2Cc3ccccc32)CC1. The maximum Gasteiger partial charge on any atom is 0.00731 e. The van der Waals surface area contributed by atoms with Gasteiger partial charge in [0.05, 0.1) is 0 Å². The van der Waals surface area contributed by atoms with Crippen LogP contribution in [0, 0.1) is 17.3 Å². The van der Waals surface area contributed by atoms with Gasteiger partial charge in [0.25, 0.3) is 0 Å². The van der Waals surface area contributed by atoms with Crippen LogP contribution in [-0.4, -0.2) is 6.04 Å². The molecule has 0 radical (unpaired) electrons. The predicted molar refractivity (Wildman–Crippen MR) is 90.4 cm³/mol. The summed E-state index contributed by atoms with van der Waals surface area (Å²) in [6, 6.07) is 9.30. The van der Waals surface area contributed by atoms with E-state index in [-0.39, 0.29) is 0 Å². The normalized spacial score (nSPS) is 30.4. The minimum Gasteiger partial charge on any atom is -0.327 e. The predicted octanol–water partition coefficient (Wildman–Crippen LogP) is 4.90. The van der Waals surface area contributed by atoms with E-state index in [9.17, 15) is 0 Å². The fourth-order valence-electron chi connectivity index (χ4n) is 4.51. The Balaban J connectivity index is 1.51. The molecule has 21 heavy (non-hydrogen) atoms. The van der Waals surface area contributed by atoms with Crippen LogP contribution in [0.5, 0.6) is 0 Å². The van der Waals surface area contributed by atoms with Crippen molar-refractivity contribution >= 4 is 0 Å². The molecule has 2 unspecified atom stereocenters. The Labute approximate surface area is 130 Å². The Morgan fingerprint density at radius 1 is 1.10 bits per heavy atom. The molecular formula is C20H31N. The molecule has 0 aromatic heterocycles. The lowest BCUT2D eigenvalue weighted by atomic mass is 9.66. The van der Waals surface area contributed by atoms with Crippen molar-refractivity contribution in [3.05, 3.63) is 35.4 Å². The van der Waals surface area contributed by atoms with Crippen LogP contribution in [0.25, 0.3) is 0 Å². The Hall–Kier alpha value is -0.820. The third-order valence-corrected chi connectivity index (χ3v) is 6.12. The number of hydrogen-bond donors (Lipinski definition) is 1. The van der Waals surface area contributed by atoms with Crippen LogP contribution in [0.3, 0.4) is 0 Å². The number of fused-ring (bicyclic) bond motifs is 1. The first kappa shape index (κ1) is 15.1. The lowest BCUT2D eigenvalue weighted by Gasteiger charge is -2.40. The van der Waals surface area contributed by atoms with Crippen LogP contribution >= 0.6 is 0 Å². The fourth-order valence-corrected chi connectivity index (χ4v) is 4.51. The minimum atomic E-state index is 0.407. The summed E-state index contributed by atoms with van der Waals surface area (Å²) in [7, 11) is 0. The fraction of sp³-hybridized carbons (Fsp3) is 0.700. The number of benzene rings is 1. The van der Waals surface area contributed by atoms with E-state index in [4.69, 9.17) is 5.73 Å². The summed E-state index contributed by atoms with van der Waals surface area (Å²) in [5.41, 5.74) is 10.2. The molecule has 2 N–H and O–H groups in total. The molecule has 0 aliphatic heterocycles. The number of nitrogens with two attached hydrogens (primary N) is 1. The molecule has 116 valence electrons. The standard InChI is InChI=1S/C20H31N/c1-20(2,3)17-10-8-14(9-11-17)19(21)13-16-12-15-6-4-5-7-18(15)16/h4-7,14,16-17,19H,8-13,21H2,1-3H3. The molecule has 0 saturated heterocycles. The van der Waals surface area contributed by atoms with Crippen molar-refractivity contribution in [2.45, 2.75) is 71.3 Å². The van der Waals surface area contributed by atoms with Crippen LogP contribution in [0.15, 0.2) is 24.3 Å². The van der Waals surface area contributed by atoms with E-state index in [0.717, 1.165) is 17.8 Å². The smallest absolute Gasteiger partial charge is 0.00731 e. The van der Waals surface area contributed by atoms with E-state index >= 15 is 0 Å². The van der Waals surface area contributed by atoms with Gasteiger partial charge in [0.2, 0.25) is 0 Å². The van der Waals surface area contributed by atoms with Crippen molar-refractivity contribution in [1.29, 1.82) is 0 Å². The molecule has 0 heterocycles. The number of hydrogen-bond acceptors (Lipinski definition) is 1. The molecule has 2 atom stereocenters. The average Bonchev–Trinajstić information content (AvgIpc) is 2.44. The molecule has 2 aliphatic carbocycles. The zero-order valence-electron chi connectivity index (χ0n) is 13.9. The van der Waals surface area contributed by atoms with Crippen molar-refractivity contribution in [2.24, 2.45) is 23.0 Å². The maximum absolute atomic E-state index is 6.57. The summed E-state index contributed by atoms with van der Waals surface area (Å²) in [5.74, 6) is 2.39. The minimum absolute atomic E-state index is 0.407. The van der Waals surface area contributed by atoms with E-state index in [0.29, 0.717) is 11.5 Å². The van der Waals surface area contributed by atoms with Crippen molar-refractivity contribution in [3.63, 3.8) is 0 Å². The van der Waals surface area contributed by atoms with Crippen LogP contribution in [-0.2, 0) is 6.42 Å². The highest BCUT2D eigenvalue weighted by Crippen LogP contribution is 2.43. The van der Waals surface area contributed by atoms with Gasteiger partial charge in [0, 0.05) is 6.04 Å². The average molecular weight is 285 g/mol. The Kier molecular flexibility index (Phi) is 4.14. The summed E-state index contributed by atoms with van der Waals surface area (Å²) in [4.78, 5) is 0. The molecule has 2 aliphatic rings. The number of rotatable bonds is 3. The third-order valence-electron chi connectivity index (χ3n) is 6.12. The highest BCUT2D eigenvalue weighted by Gasteiger charge is 2.34. The van der Waals surface area contributed by atoms with Crippen molar-refractivity contribution < 1.29 is 0 Å². The first-order chi connectivity index (χ1) is 9.95. The first-order valence-corrected chi connectivity index (χ1v) is 8.78. The van der Waals surface area contributed by atoms with Gasteiger partial charge in [0.15, 0.2) is 0 Å². The Morgan fingerprint density at radius 3 is 2.38 bits per heavy atom. The van der Waals surface area contributed by atoms with Gasteiger partial charge >= 0.3 is 0 Å². The molecule has 1 nitrogen and oxygen atoms in total. The first-order valence-electron chi connectivity index (χ1n) is 8.78. The van der Waals surface area contributed by atoms with Gasteiger partial charge in [-0.25, -0.2) is 0 Å². The van der Waals surface area contributed by atoms with E-state index in [1.807, 2.05) is 0 Å². The van der Waals surface area contributed by atoms with Crippen LogP contribution in [0.4, 0.5) is 0 Å². The highest BCUT2D eigenvalue weighted by atomic mass is 14.7. The molecule has 1 saturated carbocycles. The molecule has 0 bridgehead atoms. The van der Waals surface area contributed by atoms with Crippen molar-refractivity contribution in [2.75, 3.05) is 0 Å². The van der Waals surface area contributed by atoms with E-state index in [1.165, 1.54) is 38.5 Å². The van der Waals surface area contributed by atoms with Gasteiger partial charge in [0.1, 0.15) is 0 Å². The van der Waals surface area contributed by atoms with Crippen LogP contribution in [0.1, 0.15) is 69.9 Å². The Bertz CT molecular complexity index is 477. The van der Waals surface area contributed by atoms with Crippen molar-refractivity contribution in [3.8, 4) is 0 Å². The maximum atomic E-state index is 6.57.